The average Bonchev–Trinajstić information content (AvgIpc) is 3.15. The fraction of sp³-hybridized carbons (Fsp3) is 0.316. The van der Waals surface area contributed by atoms with E-state index < -0.39 is 9.84 Å². The number of rotatable bonds is 7. The van der Waals surface area contributed by atoms with Gasteiger partial charge in [0, 0.05) is 20.1 Å². The van der Waals surface area contributed by atoms with Crippen LogP contribution in [0, 0.1) is 0 Å². The van der Waals surface area contributed by atoms with E-state index in [9.17, 15) is 8.42 Å². The van der Waals surface area contributed by atoms with Crippen LogP contribution in [0.5, 0.6) is 11.5 Å². The highest BCUT2D eigenvalue weighted by Gasteiger charge is 2.14. The Morgan fingerprint density at radius 2 is 1.78 bits per heavy atom. The SMILES string of the molecule is CN=C(NCCc1ccc2c(c1)OCO2)NCCS(=O)(=O)c1ccccc1. The van der Waals surface area contributed by atoms with Crippen LogP contribution in [-0.4, -0.2) is 47.1 Å². The Kier molecular flexibility index (Phi) is 6.18. The second-order valence-corrected chi connectivity index (χ2v) is 8.10. The van der Waals surface area contributed by atoms with Crippen molar-refractivity contribution < 1.29 is 17.9 Å². The van der Waals surface area contributed by atoms with E-state index >= 15 is 0 Å². The predicted molar refractivity (Wildman–Crippen MR) is 104 cm³/mol. The molecule has 144 valence electrons. The van der Waals surface area contributed by atoms with E-state index in [0.717, 1.165) is 23.5 Å². The third kappa shape index (κ3) is 5.13. The number of benzene rings is 2. The molecule has 0 atom stereocenters. The first-order valence-corrected chi connectivity index (χ1v) is 10.3. The molecule has 0 saturated carbocycles. The Bertz CT molecular complexity index is 898. The third-order valence-corrected chi connectivity index (χ3v) is 5.86. The Labute approximate surface area is 159 Å². The van der Waals surface area contributed by atoms with Crippen molar-refractivity contribution in [2.24, 2.45) is 4.99 Å². The van der Waals surface area contributed by atoms with E-state index in [1.54, 1.807) is 37.4 Å². The highest BCUT2D eigenvalue weighted by molar-refractivity contribution is 7.91. The lowest BCUT2D eigenvalue weighted by atomic mass is 10.1. The molecule has 8 heteroatoms. The number of aliphatic imine (C=N–C) groups is 1. The first-order valence-electron chi connectivity index (χ1n) is 8.69. The topological polar surface area (TPSA) is 89.0 Å². The van der Waals surface area contributed by atoms with Crippen LogP contribution in [0.15, 0.2) is 58.4 Å². The molecule has 0 fully saturated rings. The van der Waals surface area contributed by atoms with Gasteiger partial charge < -0.3 is 20.1 Å². The van der Waals surface area contributed by atoms with Gasteiger partial charge in [-0.1, -0.05) is 24.3 Å². The number of fused-ring (bicyclic) bond motifs is 1. The molecular weight excluding hydrogens is 366 g/mol. The Hall–Kier alpha value is -2.74. The maximum Gasteiger partial charge on any atom is 0.231 e. The number of hydrogen-bond acceptors (Lipinski definition) is 5. The van der Waals surface area contributed by atoms with Crippen LogP contribution in [0.1, 0.15) is 5.56 Å². The average molecular weight is 389 g/mol. The van der Waals surface area contributed by atoms with E-state index in [1.165, 1.54) is 0 Å². The van der Waals surface area contributed by atoms with Gasteiger partial charge in [0.1, 0.15) is 0 Å². The van der Waals surface area contributed by atoms with Crippen molar-refractivity contribution in [2.45, 2.75) is 11.3 Å². The molecule has 0 spiro atoms. The molecule has 2 aromatic rings. The minimum absolute atomic E-state index is 0.000125. The summed E-state index contributed by atoms with van der Waals surface area (Å²) in [6.07, 6.45) is 0.777. The van der Waals surface area contributed by atoms with Gasteiger partial charge in [0.2, 0.25) is 6.79 Å². The lowest BCUT2D eigenvalue weighted by molar-refractivity contribution is 0.174. The molecule has 0 saturated heterocycles. The Morgan fingerprint density at radius 1 is 1.04 bits per heavy atom. The molecule has 0 aromatic heterocycles. The normalized spacial score (nSPS) is 13.4. The molecule has 1 aliphatic rings. The number of guanidine groups is 1. The lowest BCUT2D eigenvalue weighted by Crippen LogP contribution is -2.40. The lowest BCUT2D eigenvalue weighted by Gasteiger charge is -2.12. The van der Waals surface area contributed by atoms with Gasteiger partial charge in [0.05, 0.1) is 10.6 Å². The molecule has 2 N–H and O–H groups in total. The highest BCUT2D eigenvalue weighted by Crippen LogP contribution is 2.32. The minimum atomic E-state index is -3.30. The van der Waals surface area contributed by atoms with Crippen molar-refractivity contribution in [3.8, 4) is 11.5 Å². The molecule has 0 radical (unpaired) electrons. The zero-order chi connectivity index (χ0) is 19.1. The molecule has 7 nitrogen and oxygen atoms in total. The van der Waals surface area contributed by atoms with Crippen LogP contribution in [-0.2, 0) is 16.3 Å². The summed E-state index contributed by atoms with van der Waals surface area (Å²) in [4.78, 5) is 4.46. The van der Waals surface area contributed by atoms with Crippen molar-refractivity contribution >= 4 is 15.8 Å². The maximum absolute atomic E-state index is 12.3. The molecule has 0 amide bonds. The van der Waals surface area contributed by atoms with Crippen molar-refractivity contribution in [1.29, 1.82) is 0 Å². The number of nitrogens with zero attached hydrogens (tertiary/aromatic N) is 1. The molecular formula is C19H23N3O4S. The van der Waals surface area contributed by atoms with Crippen LogP contribution >= 0.6 is 0 Å². The molecule has 1 aliphatic heterocycles. The van der Waals surface area contributed by atoms with E-state index in [-0.39, 0.29) is 19.1 Å². The molecule has 2 aromatic carbocycles. The van der Waals surface area contributed by atoms with E-state index in [2.05, 4.69) is 15.6 Å². The molecule has 27 heavy (non-hydrogen) atoms. The van der Waals surface area contributed by atoms with Crippen LogP contribution < -0.4 is 20.1 Å². The summed E-state index contributed by atoms with van der Waals surface area (Å²) in [5.74, 6) is 2.10. The summed E-state index contributed by atoms with van der Waals surface area (Å²) < 4.78 is 35.2. The summed E-state index contributed by atoms with van der Waals surface area (Å²) in [6, 6.07) is 14.3. The van der Waals surface area contributed by atoms with Gasteiger partial charge in [-0.3, -0.25) is 4.99 Å². The van der Waals surface area contributed by atoms with Crippen LogP contribution in [0.3, 0.4) is 0 Å². The maximum atomic E-state index is 12.3. The van der Waals surface area contributed by atoms with Gasteiger partial charge in [0.25, 0.3) is 0 Å². The zero-order valence-electron chi connectivity index (χ0n) is 15.1. The fourth-order valence-corrected chi connectivity index (χ4v) is 3.87. The van der Waals surface area contributed by atoms with Gasteiger partial charge in [-0.05, 0) is 36.2 Å². The van der Waals surface area contributed by atoms with Gasteiger partial charge in [-0.15, -0.1) is 0 Å². The first kappa shape index (κ1) is 19.0. The van der Waals surface area contributed by atoms with Crippen LogP contribution in [0.4, 0.5) is 0 Å². The largest absolute Gasteiger partial charge is 0.454 e. The number of nitrogens with one attached hydrogen (secondary N) is 2. The third-order valence-electron chi connectivity index (χ3n) is 4.13. The van der Waals surface area contributed by atoms with Crippen LogP contribution in [0.25, 0.3) is 0 Å². The summed E-state index contributed by atoms with van der Waals surface area (Å²) >= 11 is 0. The Morgan fingerprint density at radius 3 is 2.56 bits per heavy atom. The first-order chi connectivity index (χ1) is 13.1. The van der Waals surface area contributed by atoms with Crippen molar-refractivity contribution in [2.75, 3.05) is 32.7 Å². The monoisotopic (exact) mass is 389 g/mol. The van der Waals surface area contributed by atoms with Crippen molar-refractivity contribution in [3.63, 3.8) is 0 Å². The predicted octanol–water partition coefficient (Wildman–Crippen LogP) is 1.60. The number of hydrogen-bond donors (Lipinski definition) is 2. The second-order valence-electron chi connectivity index (χ2n) is 6.00. The summed E-state index contributed by atoms with van der Waals surface area (Å²) in [7, 11) is -1.65. The van der Waals surface area contributed by atoms with E-state index in [0.29, 0.717) is 17.4 Å². The summed E-state index contributed by atoms with van der Waals surface area (Å²) in [5.41, 5.74) is 1.12. The van der Waals surface area contributed by atoms with Crippen molar-refractivity contribution in [1.82, 2.24) is 10.6 Å². The standard InChI is InChI=1S/C19H23N3O4S/c1-20-19(22-11-12-27(23,24)16-5-3-2-4-6-16)21-10-9-15-7-8-17-18(13-15)26-14-25-17/h2-8,13H,9-12,14H2,1H3,(H2,20,21,22). The quantitative estimate of drug-likeness (QED) is 0.552. The molecule has 0 bridgehead atoms. The highest BCUT2D eigenvalue weighted by atomic mass is 32.2. The fourth-order valence-electron chi connectivity index (χ4n) is 2.69. The minimum Gasteiger partial charge on any atom is -0.454 e. The summed E-state index contributed by atoms with van der Waals surface area (Å²) in [5, 5.41) is 6.22. The smallest absolute Gasteiger partial charge is 0.231 e. The molecule has 1 heterocycles. The van der Waals surface area contributed by atoms with Crippen molar-refractivity contribution in [3.05, 3.63) is 54.1 Å². The van der Waals surface area contributed by atoms with Crippen LogP contribution in [0.2, 0.25) is 0 Å². The van der Waals surface area contributed by atoms with E-state index in [1.807, 2.05) is 18.2 Å². The Balaban J connectivity index is 1.43. The summed E-state index contributed by atoms with van der Waals surface area (Å²) in [6.45, 7) is 1.20. The second kappa shape index (κ2) is 8.77. The van der Waals surface area contributed by atoms with Gasteiger partial charge >= 0.3 is 0 Å². The van der Waals surface area contributed by atoms with Gasteiger partial charge in [-0.2, -0.15) is 0 Å². The zero-order valence-corrected chi connectivity index (χ0v) is 16.0. The van der Waals surface area contributed by atoms with E-state index in [4.69, 9.17) is 9.47 Å². The molecule has 3 rings (SSSR count). The number of ether oxygens (including phenoxy) is 2. The number of sulfone groups is 1. The van der Waals surface area contributed by atoms with Gasteiger partial charge in [0.15, 0.2) is 27.3 Å². The molecule has 0 aliphatic carbocycles. The molecule has 0 unspecified atom stereocenters. The van der Waals surface area contributed by atoms with Gasteiger partial charge in [-0.25, -0.2) is 8.42 Å².